The van der Waals surface area contributed by atoms with Crippen LogP contribution in [0.15, 0.2) is 6.07 Å². The van der Waals surface area contributed by atoms with Crippen molar-refractivity contribution < 1.29 is 5.11 Å². The van der Waals surface area contributed by atoms with E-state index in [4.69, 9.17) is 0 Å². The molecule has 6 heteroatoms. The molecule has 1 atom stereocenters. The van der Waals surface area contributed by atoms with Crippen LogP contribution in [0.5, 0.6) is 0 Å². The number of nitrogens with one attached hydrogen (secondary N) is 2. The van der Waals surface area contributed by atoms with Crippen molar-refractivity contribution in [3.8, 4) is 0 Å². The van der Waals surface area contributed by atoms with Gasteiger partial charge >= 0.3 is 0 Å². The summed E-state index contributed by atoms with van der Waals surface area (Å²) < 4.78 is 0. The summed E-state index contributed by atoms with van der Waals surface area (Å²) in [5.41, 5.74) is 0. The molecular formula is C14H22N4OS. The first-order valence-electron chi connectivity index (χ1n) is 6.88. The summed E-state index contributed by atoms with van der Waals surface area (Å²) in [5, 5.41) is 16.7. The van der Waals surface area contributed by atoms with Gasteiger partial charge in [0.15, 0.2) is 0 Å². The molecule has 0 aliphatic heterocycles. The van der Waals surface area contributed by atoms with Crippen molar-refractivity contribution in [3.05, 3.63) is 10.9 Å². The molecule has 0 spiro atoms. The molecule has 0 fully saturated rings. The van der Waals surface area contributed by atoms with Gasteiger partial charge in [-0.1, -0.05) is 13.8 Å². The maximum atomic E-state index is 9.20. The molecule has 0 aliphatic rings. The summed E-state index contributed by atoms with van der Waals surface area (Å²) in [5.74, 6) is 1.88. The number of aromatic nitrogens is 2. The first-order valence-corrected chi connectivity index (χ1v) is 7.70. The molecule has 0 saturated carbocycles. The Labute approximate surface area is 123 Å². The topological polar surface area (TPSA) is 70.1 Å². The molecule has 0 amide bonds. The predicted molar refractivity (Wildman–Crippen MR) is 85.7 cm³/mol. The quantitative estimate of drug-likeness (QED) is 0.764. The van der Waals surface area contributed by atoms with E-state index in [2.05, 4.69) is 47.4 Å². The van der Waals surface area contributed by atoms with E-state index in [1.807, 2.05) is 7.05 Å². The summed E-state index contributed by atoms with van der Waals surface area (Å²) in [7, 11) is 1.82. The van der Waals surface area contributed by atoms with Crippen LogP contribution >= 0.6 is 11.3 Å². The molecule has 1 unspecified atom stereocenters. The van der Waals surface area contributed by atoms with Crippen molar-refractivity contribution in [2.75, 3.05) is 24.3 Å². The molecule has 2 rings (SSSR count). The Bertz CT molecular complexity index is 582. The third-order valence-corrected chi connectivity index (χ3v) is 4.25. The fourth-order valence-electron chi connectivity index (χ4n) is 2.15. The van der Waals surface area contributed by atoms with E-state index in [9.17, 15) is 5.11 Å². The second-order valence-corrected chi connectivity index (χ2v) is 6.46. The van der Waals surface area contributed by atoms with Gasteiger partial charge in [0.25, 0.3) is 0 Å². The average Bonchev–Trinajstić information content (AvgIpc) is 2.78. The second-order valence-electron chi connectivity index (χ2n) is 5.23. The predicted octanol–water partition coefficient (Wildman–Crippen LogP) is 2.86. The van der Waals surface area contributed by atoms with Crippen LogP contribution in [0, 0.1) is 12.8 Å². The zero-order valence-electron chi connectivity index (χ0n) is 12.4. The Balaban J connectivity index is 2.40. The fraction of sp³-hybridized carbons (Fsp3) is 0.571. The summed E-state index contributed by atoms with van der Waals surface area (Å²) in [4.78, 5) is 11.2. The van der Waals surface area contributed by atoms with E-state index in [0.29, 0.717) is 18.3 Å². The van der Waals surface area contributed by atoms with Crippen molar-refractivity contribution in [2.24, 2.45) is 5.92 Å². The molecule has 2 aromatic heterocycles. The molecule has 0 radical (unpaired) electrons. The van der Waals surface area contributed by atoms with Crippen molar-refractivity contribution in [1.29, 1.82) is 0 Å². The zero-order chi connectivity index (χ0) is 14.7. The molecule has 110 valence electrons. The molecule has 5 nitrogen and oxygen atoms in total. The van der Waals surface area contributed by atoms with Crippen LogP contribution in [0.2, 0.25) is 0 Å². The SMILES string of the molecule is CNc1nc(NC(CCO)C(C)C)c2cc(C)sc2n1. The third kappa shape index (κ3) is 3.19. The van der Waals surface area contributed by atoms with Crippen LogP contribution in [0.4, 0.5) is 11.8 Å². The summed E-state index contributed by atoms with van der Waals surface area (Å²) >= 11 is 1.66. The largest absolute Gasteiger partial charge is 0.396 e. The molecule has 2 heterocycles. The van der Waals surface area contributed by atoms with E-state index < -0.39 is 0 Å². The van der Waals surface area contributed by atoms with E-state index in [1.54, 1.807) is 11.3 Å². The highest BCUT2D eigenvalue weighted by Gasteiger charge is 2.17. The van der Waals surface area contributed by atoms with Crippen LogP contribution in [0.3, 0.4) is 0 Å². The summed E-state index contributed by atoms with van der Waals surface area (Å²) in [6.07, 6.45) is 0.709. The van der Waals surface area contributed by atoms with Gasteiger partial charge in [0.2, 0.25) is 5.95 Å². The first kappa shape index (κ1) is 15.0. The van der Waals surface area contributed by atoms with Crippen molar-refractivity contribution in [1.82, 2.24) is 9.97 Å². The molecule has 0 aliphatic carbocycles. The Hall–Kier alpha value is -1.40. The van der Waals surface area contributed by atoms with Crippen LogP contribution in [-0.4, -0.2) is 34.8 Å². The number of hydrogen-bond donors (Lipinski definition) is 3. The lowest BCUT2D eigenvalue weighted by Gasteiger charge is -2.22. The molecule has 0 saturated heterocycles. The van der Waals surface area contributed by atoms with E-state index >= 15 is 0 Å². The highest BCUT2D eigenvalue weighted by molar-refractivity contribution is 7.18. The van der Waals surface area contributed by atoms with Crippen LogP contribution in [0.25, 0.3) is 10.2 Å². The normalized spacial score (nSPS) is 12.9. The summed E-state index contributed by atoms with van der Waals surface area (Å²) in [6.45, 7) is 6.53. The number of hydrogen-bond acceptors (Lipinski definition) is 6. The lowest BCUT2D eigenvalue weighted by molar-refractivity contribution is 0.267. The molecule has 20 heavy (non-hydrogen) atoms. The standard InChI is InChI=1S/C14H22N4OS/c1-8(2)11(5-6-19)16-12-10-7-9(3)20-13(10)18-14(15-4)17-12/h7-8,11,19H,5-6H2,1-4H3,(H2,15,16,17,18). The van der Waals surface area contributed by atoms with Crippen LogP contribution < -0.4 is 10.6 Å². The highest BCUT2D eigenvalue weighted by atomic mass is 32.1. The second kappa shape index (κ2) is 6.37. The maximum Gasteiger partial charge on any atom is 0.225 e. The number of aryl methyl sites for hydroxylation is 1. The van der Waals surface area contributed by atoms with Gasteiger partial charge < -0.3 is 15.7 Å². The lowest BCUT2D eigenvalue weighted by atomic mass is 10.0. The Morgan fingerprint density at radius 3 is 2.70 bits per heavy atom. The lowest BCUT2D eigenvalue weighted by Crippen LogP contribution is -2.27. The molecule has 2 aromatic rings. The van der Waals surface area contributed by atoms with Crippen molar-refractivity contribution in [3.63, 3.8) is 0 Å². The summed E-state index contributed by atoms with van der Waals surface area (Å²) in [6, 6.07) is 2.31. The number of aliphatic hydroxyl groups excluding tert-OH is 1. The van der Waals surface area contributed by atoms with Crippen molar-refractivity contribution >= 4 is 33.3 Å². The number of thiophene rings is 1. The van der Waals surface area contributed by atoms with Gasteiger partial charge in [-0.25, -0.2) is 4.98 Å². The highest BCUT2D eigenvalue weighted by Crippen LogP contribution is 2.30. The minimum absolute atomic E-state index is 0.172. The number of nitrogens with zero attached hydrogens (tertiary/aromatic N) is 2. The van der Waals surface area contributed by atoms with Gasteiger partial charge in [0, 0.05) is 24.6 Å². The Kier molecular flexibility index (Phi) is 4.77. The van der Waals surface area contributed by atoms with Gasteiger partial charge in [0.05, 0.1) is 5.39 Å². The minimum Gasteiger partial charge on any atom is -0.396 e. The minimum atomic E-state index is 0.172. The van der Waals surface area contributed by atoms with E-state index in [-0.39, 0.29) is 12.6 Å². The fourth-order valence-corrected chi connectivity index (χ4v) is 3.03. The van der Waals surface area contributed by atoms with Gasteiger partial charge in [-0.2, -0.15) is 4.98 Å². The number of anilines is 2. The monoisotopic (exact) mass is 294 g/mol. The third-order valence-electron chi connectivity index (χ3n) is 3.31. The van der Waals surface area contributed by atoms with Crippen molar-refractivity contribution in [2.45, 2.75) is 33.2 Å². The first-order chi connectivity index (χ1) is 9.55. The molecule has 0 aromatic carbocycles. The van der Waals surface area contributed by atoms with E-state index in [1.165, 1.54) is 4.88 Å². The Morgan fingerprint density at radius 1 is 1.35 bits per heavy atom. The maximum absolute atomic E-state index is 9.20. The zero-order valence-corrected chi connectivity index (χ0v) is 13.2. The number of fused-ring (bicyclic) bond motifs is 1. The van der Waals surface area contributed by atoms with Crippen LogP contribution in [0.1, 0.15) is 25.1 Å². The smallest absolute Gasteiger partial charge is 0.225 e. The number of rotatable bonds is 6. The Morgan fingerprint density at radius 2 is 2.10 bits per heavy atom. The van der Waals surface area contributed by atoms with Gasteiger partial charge in [-0.15, -0.1) is 11.3 Å². The number of aliphatic hydroxyl groups is 1. The molecule has 3 N–H and O–H groups in total. The van der Waals surface area contributed by atoms with E-state index in [0.717, 1.165) is 16.0 Å². The van der Waals surface area contributed by atoms with Gasteiger partial charge in [-0.05, 0) is 25.3 Å². The average molecular weight is 294 g/mol. The van der Waals surface area contributed by atoms with Gasteiger partial charge in [0.1, 0.15) is 10.6 Å². The molecular weight excluding hydrogens is 272 g/mol. The van der Waals surface area contributed by atoms with Gasteiger partial charge in [-0.3, -0.25) is 0 Å². The van der Waals surface area contributed by atoms with Crippen LogP contribution in [-0.2, 0) is 0 Å². The molecule has 0 bridgehead atoms.